The second kappa shape index (κ2) is 9.47. The summed E-state index contributed by atoms with van der Waals surface area (Å²) in [7, 11) is 1.70. The molecule has 1 aromatic rings. The lowest BCUT2D eigenvalue weighted by atomic mass is 9.57. The molecule has 0 bridgehead atoms. The molecular formula is C24H39N3O3. The molecule has 0 aromatic carbocycles. The summed E-state index contributed by atoms with van der Waals surface area (Å²) in [6.07, 6.45) is 14.5. The predicted octanol–water partition coefficient (Wildman–Crippen LogP) is 3.88. The predicted molar refractivity (Wildman–Crippen MR) is 115 cm³/mol. The van der Waals surface area contributed by atoms with Gasteiger partial charge < -0.3 is 9.84 Å². The minimum atomic E-state index is -0.618. The number of ketones is 1. The lowest BCUT2D eigenvalue weighted by molar-refractivity contribution is -0.125. The molecule has 0 amide bonds. The molecule has 30 heavy (non-hydrogen) atoms. The third-order valence-corrected chi connectivity index (χ3v) is 8.58. The number of Topliss-reactive ketones (excluding diaryl/α,β-unsaturated/α-hetero) is 1. The molecule has 1 aromatic heterocycles. The fraction of sp³-hybridized carbons (Fsp3) is 0.875. The molecular weight excluding hydrogens is 378 g/mol. The molecule has 7 unspecified atom stereocenters. The van der Waals surface area contributed by atoms with Gasteiger partial charge in [-0.1, -0.05) is 19.8 Å². The molecule has 3 aliphatic rings. The van der Waals surface area contributed by atoms with E-state index in [1.165, 1.54) is 30.5 Å². The second-order valence-electron chi connectivity index (χ2n) is 10.4. The topological polar surface area (TPSA) is 77.2 Å². The van der Waals surface area contributed by atoms with E-state index < -0.39 is 5.60 Å². The molecule has 1 heterocycles. The first kappa shape index (κ1) is 21.9. The van der Waals surface area contributed by atoms with Gasteiger partial charge in [0.05, 0.1) is 24.6 Å². The Balaban J connectivity index is 1.41. The summed E-state index contributed by atoms with van der Waals surface area (Å²) in [5, 5.41) is 19.2. The van der Waals surface area contributed by atoms with Crippen molar-refractivity contribution in [3.63, 3.8) is 0 Å². The van der Waals surface area contributed by atoms with Crippen LogP contribution in [0.5, 0.6) is 0 Å². The number of aromatic nitrogens is 3. The maximum Gasteiger partial charge on any atom is 0.159 e. The van der Waals surface area contributed by atoms with Crippen LogP contribution in [0.1, 0.15) is 71.1 Å². The first-order valence-electron chi connectivity index (χ1n) is 12.1. The number of rotatable bonds is 5. The van der Waals surface area contributed by atoms with E-state index in [1.807, 2.05) is 0 Å². The number of carbonyl (C=O) groups is 1. The maximum absolute atomic E-state index is 13.0. The van der Waals surface area contributed by atoms with Crippen molar-refractivity contribution >= 4 is 5.78 Å². The fourth-order valence-corrected chi connectivity index (χ4v) is 7.09. The minimum Gasteiger partial charge on any atom is -0.387 e. The van der Waals surface area contributed by atoms with E-state index in [0.29, 0.717) is 30.8 Å². The van der Waals surface area contributed by atoms with Gasteiger partial charge in [0.2, 0.25) is 0 Å². The highest BCUT2D eigenvalue weighted by atomic mass is 16.5. The van der Waals surface area contributed by atoms with E-state index in [2.05, 4.69) is 17.1 Å². The molecule has 3 aliphatic carbocycles. The first-order chi connectivity index (χ1) is 14.5. The van der Waals surface area contributed by atoms with Gasteiger partial charge in [0.1, 0.15) is 6.54 Å². The van der Waals surface area contributed by atoms with E-state index in [1.54, 1.807) is 19.5 Å². The van der Waals surface area contributed by atoms with E-state index >= 15 is 0 Å². The highest BCUT2D eigenvalue weighted by Gasteiger charge is 2.46. The zero-order valence-electron chi connectivity index (χ0n) is 18.7. The smallest absolute Gasteiger partial charge is 0.159 e. The normalized spacial score (nSPS) is 39.8. The Morgan fingerprint density at radius 1 is 1.07 bits per heavy atom. The van der Waals surface area contributed by atoms with E-state index in [0.717, 1.165) is 56.3 Å². The van der Waals surface area contributed by atoms with Crippen LogP contribution in [0.2, 0.25) is 0 Å². The zero-order valence-corrected chi connectivity index (χ0v) is 18.7. The van der Waals surface area contributed by atoms with Crippen LogP contribution in [0.15, 0.2) is 12.4 Å². The lowest BCUT2D eigenvalue weighted by Crippen LogP contribution is -2.47. The van der Waals surface area contributed by atoms with Gasteiger partial charge in [-0.3, -0.25) is 4.79 Å². The third-order valence-electron chi connectivity index (χ3n) is 8.58. The average Bonchev–Trinajstić information content (AvgIpc) is 3.24. The molecule has 1 N–H and O–H groups in total. The zero-order chi connectivity index (χ0) is 21.1. The van der Waals surface area contributed by atoms with Gasteiger partial charge >= 0.3 is 0 Å². The van der Waals surface area contributed by atoms with Crippen LogP contribution in [-0.2, 0) is 16.1 Å². The van der Waals surface area contributed by atoms with Gasteiger partial charge in [-0.15, -0.1) is 0 Å². The summed E-state index contributed by atoms with van der Waals surface area (Å²) in [6.45, 7) is 3.05. The summed E-state index contributed by atoms with van der Waals surface area (Å²) >= 11 is 0. The molecule has 0 spiro atoms. The molecule has 6 nitrogen and oxygen atoms in total. The lowest BCUT2D eigenvalue weighted by Gasteiger charge is -2.50. The van der Waals surface area contributed by atoms with Crippen molar-refractivity contribution in [2.45, 2.75) is 83.3 Å². The average molecular weight is 418 g/mol. The van der Waals surface area contributed by atoms with Crippen molar-refractivity contribution in [1.82, 2.24) is 15.0 Å². The summed E-state index contributed by atoms with van der Waals surface area (Å²) in [6, 6.07) is 0. The van der Waals surface area contributed by atoms with Gasteiger partial charge in [-0.2, -0.15) is 15.0 Å². The van der Waals surface area contributed by atoms with Crippen molar-refractivity contribution < 1.29 is 14.6 Å². The molecule has 0 saturated heterocycles. The van der Waals surface area contributed by atoms with E-state index in [4.69, 9.17) is 4.74 Å². The Labute approximate surface area is 180 Å². The summed E-state index contributed by atoms with van der Waals surface area (Å²) in [5.74, 6) is 3.79. The Morgan fingerprint density at radius 3 is 2.57 bits per heavy atom. The van der Waals surface area contributed by atoms with Crippen LogP contribution in [0.25, 0.3) is 0 Å². The number of hydrogen-bond donors (Lipinski definition) is 1. The maximum atomic E-state index is 13.0. The second-order valence-corrected chi connectivity index (χ2v) is 10.4. The number of nitrogens with zero attached hydrogens (tertiary/aromatic N) is 3. The van der Waals surface area contributed by atoms with Crippen LogP contribution < -0.4 is 0 Å². The minimum absolute atomic E-state index is 0.130. The standard InChI is InChI=1S/C24H39N3O3/c1-17-6-9-21-18(4-3-5-20(17)23(28)15-27-25-12-13-26-27)7-8-19-14-24(29,16-30-2)11-10-22(19)21/h12-13,17-22,29H,3-11,14-16H2,1-2H3. The molecule has 4 rings (SSSR count). The molecule has 6 heteroatoms. The SMILES string of the molecule is COCC1(O)CCC2C(CCC3CCCC(C(=O)Cn4nccn4)C(C)CCC32)C1. The summed E-state index contributed by atoms with van der Waals surface area (Å²) in [5.41, 5.74) is -0.618. The Morgan fingerprint density at radius 2 is 1.80 bits per heavy atom. The third kappa shape index (κ3) is 4.80. The molecule has 0 radical (unpaired) electrons. The Kier molecular flexibility index (Phi) is 6.93. The summed E-state index contributed by atoms with van der Waals surface area (Å²) < 4.78 is 5.32. The number of methoxy groups -OCH3 is 1. The molecule has 3 saturated carbocycles. The van der Waals surface area contributed by atoms with Gasteiger partial charge in [-0.05, 0) is 81.0 Å². The number of fused-ring (bicyclic) bond motifs is 3. The van der Waals surface area contributed by atoms with Crippen LogP contribution >= 0.6 is 0 Å². The van der Waals surface area contributed by atoms with Gasteiger partial charge in [0.25, 0.3) is 0 Å². The van der Waals surface area contributed by atoms with E-state index in [9.17, 15) is 9.90 Å². The first-order valence-corrected chi connectivity index (χ1v) is 12.1. The van der Waals surface area contributed by atoms with Crippen LogP contribution in [0.4, 0.5) is 0 Å². The molecule has 7 atom stereocenters. The van der Waals surface area contributed by atoms with Gasteiger partial charge in [0.15, 0.2) is 5.78 Å². The van der Waals surface area contributed by atoms with Crippen molar-refractivity contribution in [2.24, 2.45) is 35.5 Å². The number of aliphatic hydroxyl groups is 1. The Hall–Kier alpha value is -1.27. The highest BCUT2D eigenvalue weighted by molar-refractivity contribution is 5.80. The van der Waals surface area contributed by atoms with Gasteiger partial charge in [-0.25, -0.2) is 0 Å². The van der Waals surface area contributed by atoms with Crippen molar-refractivity contribution in [3.8, 4) is 0 Å². The van der Waals surface area contributed by atoms with Crippen LogP contribution in [0.3, 0.4) is 0 Å². The van der Waals surface area contributed by atoms with Crippen LogP contribution in [0, 0.1) is 35.5 Å². The molecule has 3 fully saturated rings. The van der Waals surface area contributed by atoms with E-state index in [-0.39, 0.29) is 5.92 Å². The monoisotopic (exact) mass is 417 g/mol. The highest BCUT2D eigenvalue weighted by Crippen LogP contribution is 2.52. The molecule has 168 valence electrons. The quantitative estimate of drug-likeness (QED) is 0.787. The van der Waals surface area contributed by atoms with Crippen molar-refractivity contribution in [1.29, 1.82) is 0 Å². The largest absolute Gasteiger partial charge is 0.387 e. The van der Waals surface area contributed by atoms with Crippen molar-refractivity contribution in [2.75, 3.05) is 13.7 Å². The number of ether oxygens (including phenoxy) is 1. The number of hydrogen-bond acceptors (Lipinski definition) is 5. The molecule has 0 aliphatic heterocycles. The summed E-state index contributed by atoms with van der Waals surface area (Å²) in [4.78, 5) is 14.5. The van der Waals surface area contributed by atoms with Crippen molar-refractivity contribution in [3.05, 3.63) is 12.4 Å². The fourth-order valence-electron chi connectivity index (χ4n) is 7.09. The number of carbonyl (C=O) groups excluding carboxylic acids is 1. The Bertz CT molecular complexity index is 694. The van der Waals surface area contributed by atoms with Crippen LogP contribution in [-0.4, -0.2) is 45.2 Å². The van der Waals surface area contributed by atoms with Gasteiger partial charge in [0, 0.05) is 13.0 Å².